The van der Waals surface area contributed by atoms with Crippen LogP contribution in [0.2, 0.25) is 0 Å². The van der Waals surface area contributed by atoms with E-state index in [4.69, 9.17) is 5.73 Å². The lowest BCUT2D eigenvalue weighted by Crippen LogP contribution is -2.36. The van der Waals surface area contributed by atoms with Gasteiger partial charge in [0.1, 0.15) is 0 Å². The maximum absolute atomic E-state index is 12.9. The number of sulfonamides is 1. The zero-order chi connectivity index (χ0) is 15.6. The Labute approximate surface area is 129 Å². The minimum absolute atomic E-state index is 0.155. The highest BCUT2D eigenvalue weighted by Crippen LogP contribution is 2.30. The first-order valence-electron chi connectivity index (χ1n) is 6.61. The van der Waals surface area contributed by atoms with E-state index in [0.29, 0.717) is 12.2 Å². The molecule has 7 heteroatoms. The molecule has 0 aliphatic carbocycles. The van der Waals surface area contributed by atoms with E-state index in [9.17, 15) is 8.42 Å². The molecular formula is C14H19N3O2S2. The van der Waals surface area contributed by atoms with Crippen molar-refractivity contribution in [3.05, 3.63) is 41.6 Å². The van der Waals surface area contributed by atoms with E-state index in [2.05, 4.69) is 4.98 Å². The molecule has 0 radical (unpaired) electrons. The topological polar surface area (TPSA) is 76.3 Å². The van der Waals surface area contributed by atoms with E-state index < -0.39 is 10.0 Å². The molecule has 1 heterocycles. The van der Waals surface area contributed by atoms with Gasteiger partial charge >= 0.3 is 0 Å². The largest absolute Gasteiger partial charge is 0.375 e. The zero-order valence-corrected chi connectivity index (χ0v) is 13.9. The summed E-state index contributed by atoms with van der Waals surface area (Å²) in [6, 6.07) is 9.38. The fraction of sp³-hybridized carbons (Fsp3) is 0.357. The highest BCUT2D eigenvalue weighted by molar-refractivity contribution is 7.91. The molecule has 0 bridgehead atoms. The molecule has 0 fully saturated rings. The maximum Gasteiger partial charge on any atom is 0.255 e. The van der Waals surface area contributed by atoms with Crippen molar-refractivity contribution in [1.82, 2.24) is 9.29 Å². The number of thiazole rings is 1. The van der Waals surface area contributed by atoms with Crippen LogP contribution in [0.15, 0.2) is 34.5 Å². The molecule has 0 spiro atoms. The van der Waals surface area contributed by atoms with Crippen LogP contribution in [0.3, 0.4) is 0 Å². The number of aromatic nitrogens is 1. The molecule has 21 heavy (non-hydrogen) atoms. The average molecular weight is 325 g/mol. The number of hydrogen-bond acceptors (Lipinski definition) is 5. The van der Waals surface area contributed by atoms with Crippen LogP contribution < -0.4 is 5.73 Å². The van der Waals surface area contributed by atoms with E-state index in [0.717, 1.165) is 16.9 Å². The summed E-state index contributed by atoms with van der Waals surface area (Å²) < 4.78 is 27.4. The summed E-state index contributed by atoms with van der Waals surface area (Å²) >= 11 is 1.01. The highest BCUT2D eigenvalue weighted by atomic mass is 32.2. The number of benzene rings is 1. The predicted octanol–water partition coefficient (Wildman–Crippen LogP) is 2.63. The van der Waals surface area contributed by atoms with Gasteiger partial charge in [0, 0.05) is 12.6 Å². The van der Waals surface area contributed by atoms with Crippen LogP contribution in [-0.4, -0.2) is 23.7 Å². The van der Waals surface area contributed by atoms with Gasteiger partial charge in [-0.15, -0.1) is 0 Å². The van der Waals surface area contributed by atoms with Crippen LogP contribution in [0.5, 0.6) is 0 Å². The van der Waals surface area contributed by atoms with Gasteiger partial charge in [0.05, 0.1) is 5.69 Å². The Hall–Kier alpha value is -1.44. The fourth-order valence-electron chi connectivity index (χ4n) is 2.06. The van der Waals surface area contributed by atoms with Crippen LogP contribution >= 0.6 is 11.3 Å². The number of anilines is 1. The smallest absolute Gasteiger partial charge is 0.255 e. The lowest BCUT2D eigenvalue weighted by atomic mass is 10.2. The van der Waals surface area contributed by atoms with Gasteiger partial charge in [-0.25, -0.2) is 13.4 Å². The van der Waals surface area contributed by atoms with Crippen molar-refractivity contribution in [2.24, 2.45) is 0 Å². The summed E-state index contributed by atoms with van der Waals surface area (Å²) in [6.45, 7) is 5.72. The van der Waals surface area contributed by atoms with Crippen LogP contribution in [0.4, 0.5) is 5.13 Å². The van der Waals surface area contributed by atoms with E-state index in [-0.39, 0.29) is 15.4 Å². The maximum atomic E-state index is 12.9. The van der Waals surface area contributed by atoms with Crippen molar-refractivity contribution < 1.29 is 8.42 Å². The molecule has 2 rings (SSSR count). The number of aryl methyl sites for hydroxylation is 1. The molecule has 1 aromatic heterocycles. The first kappa shape index (κ1) is 15.9. The number of hydrogen-bond donors (Lipinski definition) is 1. The lowest BCUT2D eigenvalue weighted by Gasteiger charge is -2.25. The van der Waals surface area contributed by atoms with Crippen LogP contribution in [-0.2, 0) is 16.6 Å². The Balaban J connectivity index is 2.40. The zero-order valence-electron chi connectivity index (χ0n) is 12.3. The molecule has 0 unspecified atom stereocenters. The Morgan fingerprint density at radius 2 is 1.90 bits per heavy atom. The Kier molecular flexibility index (Phi) is 4.65. The molecule has 0 amide bonds. The molecule has 0 saturated carbocycles. The summed E-state index contributed by atoms with van der Waals surface area (Å²) in [6.07, 6.45) is 0. The monoisotopic (exact) mass is 325 g/mol. The molecule has 0 aliphatic heterocycles. The molecule has 1 aromatic carbocycles. The van der Waals surface area contributed by atoms with Crippen molar-refractivity contribution in [2.75, 3.05) is 5.73 Å². The van der Waals surface area contributed by atoms with Crippen LogP contribution in [0.1, 0.15) is 25.1 Å². The highest BCUT2D eigenvalue weighted by Gasteiger charge is 2.31. The minimum Gasteiger partial charge on any atom is -0.375 e. The molecule has 0 aliphatic rings. The van der Waals surface area contributed by atoms with Crippen LogP contribution in [0.25, 0.3) is 0 Å². The average Bonchev–Trinajstić information content (AvgIpc) is 2.76. The summed E-state index contributed by atoms with van der Waals surface area (Å²) in [7, 11) is -3.60. The van der Waals surface area contributed by atoms with Crippen molar-refractivity contribution in [1.29, 1.82) is 0 Å². The number of nitrogens with zero attached hydrogens (tertiary/aromatic N) is 2. The van der Waals surface area contributed by atoms with Crippen molar-refractivity contribution >= 4 is 26.5 Å². The summed E-state index contributed by atoms with van der Waals surface area (Å²) in [5.41, 5.74) is 7.03. The number of rotatable bonds is 5. The van der Waals surface area contributed by atoms with Gasteiger partial charge in [0.15, 0.2) is 9.34 Å². The second-order valence-electron chi connectivity index (χ2n) is 5.05. The van der Waals surface area contributed by atoms with Gasteiger partial charge in [0.2, 0.25) is 0 Å². The van der Waals surface area contributed by atoms with E-state index in [1.54, 1.807) is 6.92 Å². The predicted molar refractivity (Wildman–Crippen MR) is 85.6 cm³/mol. The molecular weight excluding hydrogens is 306 g/mol. The first-order valence-corrected chi connectivity index (χ1v) is 8.86. The third-order valence-electron chi connectivity index (χ3n) is 3.07. The standard InChI is InChI=1S/C14H19N3O2S2/c1-10(2)17(9-12-7-5-4-6-8-12)21(18,19)13-11(3)16-14(15)20-13/h4-8,10H,9H2,1-3H3,(H2,15,16). The molecule has 0 atom stereocenters. The van der Waals surface area contributed by atoms with E-state index in [1.165, 1.54) is 4.31 Å². The van der Waals surface area contributed by atoms with Crippen molar-refractivity contribution in [3.63, 3.8) is 0 Å². The molecule has 2 aromatic rings. The molecule has 0 saturated heterocycles. The van der Waals surface area contributed by atoms with Crippen LogP contribution in [0, 0.1) is 6.92 Å². The Bertz CT molecular complexity index is 709. The first-order chi connectivity index (χ1) is 9.82. The SMILES string of the molecule is Cc1nc(N)sc1S(=O)(=O)N(Cc1ccccc1)C(C)C. The number of nitrogens with two attached hydrogens (primary N) is 1. The third-order valence-corrected chi connectivity index (χ3v) is 6.67. The third kappa shape index (κ3) is 3.42. The summed E-state index contributed by atoms with van der Waals surface area (Å²) in [4.78, 5) is 4.02. The normalized spacial score (nSPS) is 12.2. The van der Waals surface area contributed by atoms with Gasteiger partial charge in [-0.05, 0) is 26.3 Å². The lowest BCUT2D eigenvalue weighted by molar-refractivity contribution is 0.348. The molecule has 5 nitrogen and oxygen atoms in total. The Morgan fingerprint density at radius 3 is 2.38 bits per heavy atom. The fourth-order valence-corrected chi connectivity index (χ4v) is 5.09. The Morgan fingerprint density at radius 1 is 1.29 bits per heavy atom. The van der Waals surface area contributed by atoms with Gasteiger partial charge in [0.25, 0.3) is 10.0 Å². The van der Waals surface area contributed by atoms with Gasteiger partial charge in [-0.1, -0.05) is 41.7 Å². The summed E-state index contributed by atoms with van der Waals surface area (Å²) in [5.74, 6) is 0. The van der Waals surface area contributed by atoms with Crippen molar-refractivity contribution in [2.45, 2.75) is 37.6 Å². The van der Waals surface area contributed by atoms with Gasteiger partial charge in [-0.3, -0.25) is 0 Å². The van der Waals surface area contributed by atoms with Crippen molar-refractivity contribution in [3.8, 4) is 0 Å². The second-order valence-corrected chi connectivity index (χ2v) is 8.17. The quantitative estimate of drug-likeness (QED) is 0.917. The summed E-state index contributed by atoms with van der Waals surface area (Å²) in [5, 5.41) is 0.273. The minimum atomic E-state index is -3.60. The van der Waals surface area contributed by atoms with Gasteiger partial charge < -0.3 is 5.73 Å². The number of nitrogen functional groups attached to an aromatic ring is 1. The second kappa shape index (κ2) is 6.13. The van der Waals surface area contributed by atoms with Gasteiger partial charge in [-0.2, -0.15) is 4.31 Å². The molecule has 2 N–H and O–H groups in total. The van der Waals surface area contributed by atoms with E-state index in [1.807, 2.05) is 44.2 Å². The van der Waals surface area contributed by atoms with E-state index >= 15 is 0 Å². The molecule has 114 valence electrons.